The molecule has 0 unspecified atom stereocenters. The molecule has 8 aromatic carbocycles. The first kappa shape index (κ1) is 30.4. The molecule has 0 atom stereocenters. The highest BCUT2D eigenvalue weighted by atomic mass is 15.1. The first-order valence-corrected chi connectivity index (χ1v) is 17.1. The fraction of sp³-hybridized carbons (Fsp3) is 0.0833. The summed E-state index contributed by atoms with van der Waals surface area (Å²) in [5, 5.41) is 4.91. The number of anilines is 3. The summed E-state index contributed by atoms with van der Waals surface area (Å²) < 4.78 is 0. The minimum absolute atomic E-state index is 0.00103. The number of para-hydroxylation sites is 1. The van der Waals surface area contributed by atoms with Crippen molar-refractivity contribution in [2.24, 2.45) is 0 Å². The van der Waals surface area contributed by atoms with Crippen LogP contribution in [-0.4, -0.2) is 0 Å². The van der Waals surface area contributed by atoms with Crippen LogP contribution in [0.15, 0.2) is 182 Å². The molecule has 8 aromatic rings. The van der Waals surface area contributed by atoms with Crippen molar-refractivity contribution in [2.75, 3.05) is 4.90 Å². The zero-order valence-corrected chi connectivity index (χ0v) is 28.3. The van der Waals surface area contributed by atoms with Gasteiger partial charge in [-0.3, -0.25) is 0 Å². The molecule has 1 heteroatoms. The molecule has 0 heterocycles. The maximum absolute atomic E-state index is 2.50. The van der Waals surface area contributed by atoms with E-state index in [1.165, 1.54) is 60.5 Å². The standard InChI is InChI=1S/C48H39N/c1-48(2,3)38-31-32-46(43(33-38)36-19-8-5-9-20-36)49(44-30-16-22-34-21-10-11-25-39(34)44)45-29-13-12-26-41(45)42-28-15-24-37-23-14-27-40(47(37)42)35-17-6-4-7-18-35/h4-33H,1-3H3. The van der Waals surface area contributed by atoms with Crippen LogP contribution in [0.5, 0.6) is 0 Å². The molecule has 0 saturated carbocycles. The Hall–Kier alpha value is -5.92. The van der Waals surface area contributed by atoms with Crippen LogP contribution in [0.25, 0.3) is 54.9 Å². The molecule has 236 valence electrons. The van der Waals surface area contributed by atoms with Crippen molar-refractivity contribution in [3.8, 4) is 33.4 Å². The molecular formula is C48H39N. The van der Waals surface area contributed by atoms with Gasteiger partial charge in [0.05, 0.1) is 17.1 Å². The van der Waals surface area contributed by atoms with E-state index in [4.69, 9.17) is 0 Å². The fourth-order valence-corrected chi connectivity index (χ4v) is 7.16. The molecule has 0 bridgehead atoms. The number of fused-ring (bicyclic) bond motifs is 2. The summed E-state index contributed by atoms with van der Waals surface area (Å²) in [5.74, 6) is 0. The Morgan fingerprint density at radius 1 is 0.367 bits per heavy atom. The van der Waals surface area contributed by atoms with Crippen LogP contribution in [-0.2, 0) is 5.41 Å². The Morgan fingerprint density at radius 2 is 0.878 bits per heavy atom. The molecule has 49 heavy (non-hydrogen) atoms. The predicted molar refractivity (Wildman–Crippen MR) is 211 cm³/mol. The van der Waals surface area contributed by atoms with Crippen LogP contribution >= 0.6 is 0 Å². The second kappa shape index (κ2) is 12.6. The van der Waals surface area contributed by atoms with Gasteiger partial charge in [-0.05, 0) is 73.7 Å². The molecule has 0 aliphatic rings. The summed E-state index contributed by atoms with van der Waals surface area (Å²) >= 11 is 0. The predicted octanol–water partition coefficient (Wildman–Crippen LogP) is 13.8. The van der Waals surface area contributed by atoms with Crippen molar-refractivity contribution < 1.29 is 0 Å². The Morgan fingerprint density at radius 3 is 1.61 bits per heavy atom. The van der Waals surface area contributed by atoms with Crippen LogP contribution in [0.2, 0.25) is 0 Å². The highest BCUT2D eigenvalue weighted by Gasteiger charge is 2.25. The maximum Gasteiger partial charge on any atom is 0.0540 e. The van der Waals surface area contributed by atoms with Gasteiger partial charge in [0, 0.05) is 16.5 Å². The zero-order valence-electron chi connectivity index (χ0n) is 28.3. The maximum atomic E-state index is 2.50. The minimum atomic E-state index is 0.00103. The highest BCUT2D eigenvalue weighted by Crippen LogP contribution is 2.49. The largest absolute Gasteiger partial charge is 0.309 e. The van der Waals surface area contributed by atoms with E-state index in [2.05, 4.69) is 208 Å². The number of hydrogen-bond acceptors (Lipinski definition) is 1. The molecule has 0 radical (unpaired) electrons. The second-order valence-electron chi connectivity index (χ2n) is 13.8. The SMILES string of the molecule is CC(C)(C)c1ccc(N(c2ccccc2-c2cccc3cccc(-c4ccccc4)c23)c2cccc3ccccc23)c(-c2ccccc2)c1. The van der Waals surface area contributed by atoms with Gasteiger partial charge in [0.15, 0.2) is 0 Å². The van der Waals surface area contributed by atoms with Crippen LogP contribution < -0.4 is 4.90 Å². The van der Waals surface area contributed by atoms with Gasteiger partial charge < -0.3 is 4.90 Å². The number of nitrogens with zero attached hydrogens (tertiary/aromatic N) is 1. The second-order valence-corrected chi connectivity index (χ2v) is 13.8. The van der Waals surface area contributed by atoms with Crippen molar-refractivity contribution in [1.29, 1.82) is 0 Å². The molecule has 0 spiro atoms. The molecule has 0 fully saturated rings. The Kier molecular flexibility index (Phi) is 7.82. The number of hydrogen-bond donors (Lipinski definition) is 0. The lowest BCUT2D eigenvalue weighted by Gasteiger charge is -2.32. The first-order chi connectivity index (χ1) is 24.0. The van der Waals surface area contributed by atoms with E-state index < -0.39 is 0 Å². The number of rotatable bonds is 6. The summed E-state index contributed by atoms with van der Waals surface area (Å²) in [6, 6.07) is 66.3. The zero-order chi connectivity index (χ0) is 33.4. The average molecular weight is 630 g/mol. The normalized spacial score (nSPS) is 11.6. The van der Waals surface area contributed by atoms with Crippen molar-refractivity contribution >= 4 is 38.6 Å². The Bertz CT molecular complexity index is 2410. The fourth-order valence-electron chi connectivity index (χ4n) is 7.16. The summed E-state index contributed by atoms with van der Waals surface area (Å²) in [4.78, 5) is 2.50. The van der Waals surface area contributed by atoms with E-state index in [-0.39, 0.29) is 5.41 Å². The lowest BCUT2D eigenvalue weighted by molar-refractivity contribution is 0.590. The van der Waals surface area contributed by atoms with E-state index in [0.29, 0.717) is 0 Å². The van der Waals surface area contributed by atoms with Gasteiger partial charge in [-0.25, -0.2) is 0 Å². The average Bonchev–Trinajstić information content (AvgIpc) is 3.15. The molecule has 0 amide bonds. The lowest BCUT2D eigenvalue weighted by atomic mass is 9.84. The minimum Gasteiger partial charge on any atom is -0.309 e. The van der Waals surface area contributed by atoms with Gasteiger partial charge in [0.2, 0.25) is 0 Å². The summed E-state index contributed by atoms with van der Waals surface area (Å²) in [6.45, 7) is 6.87. The third-order valence-corrected chi connectivity index (χ3v) is 9.62. The van der Waals surface area contributed by atoms with Crippen LogP contribution in [0.4, 0.5) is 17.1 Å². The lowest BCUT2D eigenvalue weighted by Crippen LogP contribution is -2.15. The molecule has 0 N–H and O–H groups in total. The molecule has 0 aliphatic carbocycles. The molecule has 0 aromatic heterocycles. The molecule has 0 aliphatic heterocycles. The van der Waals surface area contributed by atoms with E-state index in [0.717, 1.165) is 17.1 Å². The smallest absolute Gasteiger partial charge is 0.0540 e. The van der Waals surface area contributed by atoms with E-state index in [1.807, 2.05) is 0 Å². The molecule has 1 nitrogen and oxygen atoms in total. The summed E-state index contributed by atoms with van der Waals surface area (Å²) in [5.41, 5.74) is 12.0. The van der Waals surface area contributed by atoms with E-state index in [9.17, 15) is 0 Å². The number of benzene rings is 8. The van der Waals surface area contributed by atoms with Crippen LogP contribution in [0, 0.1) is 0 Å². The third-order valence-electron chi connectivity index (χ3n) is 9.62. The molecular weight excluding hydrogens is 591 g/mol. The van der Waals surface area contributed by atoms with Crippen molar-refractivity contribution in [1.82, 2.24) is 0 Å². The van der Waals surface area contributed by atoms with Gasteiger partial charge >= 0.3 is 0 Å². The van der Waals surface area contributed by atoms with E-state index in [1.54, 1.807) is 0 Å². The molecule has 0 saturated heterocycles. The van der Waals surface area contributed by atoms with E-state index >= 15 is 0 Å². The van der Waals surface area contributed by atoms with Gasteiger partial charge in [0.25, 0.3) is 0 Å². The third kappa shape index (κ3) is 5.68. The quantitative estimate of drug-likeness (QED) is 0.177. The highest BCUT2D eigenvalue weighted by molar-refractivity contribution is 6.10. The van der Waals surface area contributed by atoms with Crippen molar-refractivity contribution in [2.45, 2.75) is 26.2 Å². The van der Waals surface area contributed by atoms with Gasteiger partial charge in [-0.2, -0.15) is 0 Å². The summed E-state index contributed by atoms with van der Waals surface area (Å²) in [6.07, 6.45) is 0. The van der Waals surface area contributed by atoms with Gasteiger partial charge in [-0.15, -0.1) is 0 Å². The Balaban J connectivity index is 1.46. The van der Waals surface area contributed by atoms with Crippen LogP contribution in [0.1, 0.15) is 26.3 Å². The topological polar surface area (TPSA) is 3.24 Å². The Labute approximate surface area is 289 Å². The van der Waals surface area contributed by atoms with Gasteiger partial charge in [0.1, 0.15) is 0 Å². The van der Waals surface area contributed by atoms with Crippen molar-refractivity contribution in [3.05, 3.63) is 188 Å². The summed E-state index contributed by atoms with van der Waals surface area (Å²) in [7, 11) is 0. The van der Waals surface area contributed by atoms with Crippen LogP contribution in [0.3, 0.4) is 0 Å². The van der Waals surface area contributed by atoms with Gasteiger partial charge in [-0.1, -0.05) is 178 Å². The first-order valence-electron chi connectivity index (χ1n) is 17.1. The monoisotopic (exact) mass is 629 g/mol. The van der Waals surface area contributed by atoms with Crippen molar-refractivity contribution in [3.63, 3.8) is 0 Å². The molecule has 8 rings (SSSR count).